The number of aliphatic hydroxyl groups is 1. The van der Waals surface area contributed by atoms with Crippen molar-refractivity contribution in [3.8, 4) is 23.3 Å². The maximum absolute atomic E-state index is 13.3. The highest BCUT2D eigenvalue weighted by Crippen LogP contribution is 2.65. The summed E-state index contributed by atoms with van der Waals surface area (Å²) < 4.78 is 15.4. The van der Waals surface area contributed by atoms with E-state index in [-0.39, 0.29) is 19.6 Å². The van der Waals surface area contributed by atoms with E-state index in [1.807, 2.05) is 36.4 Å². The second-order valence-electron chi connectivity index (χ2n) is 7.79. The minimum absolute atomic E-state index is 0.113. The molecule has 1 aliphatic carbocycles. The van der Waals surface area contributed by atoms with Crippen LogP contribution in [0.3, 0.4) is 0 Å². The largest absolute Gasteiger partial charge is 0.491 e. The van der Waals surface area contributed by atoms with Gasteiger partial charge in [-0.25, -0.2) is 0 Å². The Morgan fingerprint density at radius 1 is 1.00 bits per heavy atom. The first-order valence-electron chi connectivity index (χ1n) is 10.6. The SMILES string of the molecule is N#C[C@@H](OC(=O)[C@@]1(c2ccc(OCCO)cc2)CC1(Cl)Cl)c1cccc(Oc2ccccc2)c1. The van der Waals surface area contributed by atoms with Crippen LogP contribution in [0.1, 0.15) is 23.7 Å². The molecule has 3 aromatic rings. The van der Waals surface area contributed by atoms with Gasteiger partial charge in [-0.15, -0.1) is 0 Å². The van der Waals surface area contributed by atoms with Crippen LogP contribution in [0, 0.1) is 11.3 Å². The number of hydrogen-bond donors (Lipinski definition) is 1. The van der Waals surface area contributed by atoms with Crippen LogP contribution >= 0.6 is 23.2 Å². The maximum atomic E-state index is 13.3. The van der Waals surface area contributed by atoms with E-state index in [1.165, 1.54) is 0 Å². The van der Waals surface area contributed by atoms with Crippen molar-refractivity contribution in [2.24, 2.45) is 0 Å². The Balaban J connectivity index is 1.53. The predicted molar refractivity (Wildman–Crippen MR) is 127 cm³/mol. The number of benzene rings is 3. The normalized spacial score (nSPS) is 18.9. The van der Waals surface area contributed by atoms with Gasteiger partial charge in [0.1, 0.15) is 39.7 Å². The van der Waals surface area contributed by atoms with Gasteiger partial charge in [-0.3, -0.25) is 4.79 Å². The van der Waals surface area contributed by atoms with Crippen molar-refractivity contribution in [1.29, 1.82) is 5.26 Å². The number of nitriles is 1. The Kier molecular flexibility index (Phi) is 6.99. The van der Waals surface area contributed by atoms with Crippen molar-refractivity contribution in [2.45, 2.75) is 22.3 Å². The van der Waals surface area contributed by atoms with Crippen molar-refractivity contribution in [3.63, 3.8) is 0 Å². The molecule has 34 heavy (non-hydrogen) atoms. The smallest absolute Gasteiger partial charge is 0.321 e. The third-order valence-electron chi connectivity index (χ3n) is 5.52. The minimum atomic E-state index is -1.37. The summed E-state index contributed by atoms with van der Waals surface area (Å²) in [6, 6.07) is 24.7. The van der Waals surface area contributed by atoms with E-state index in [0.29, 0.717) is 28.4 Å². The number of aliphatic hydroxyl groups excluding tert-OH is 1. The lowest BCUT2D eigenvalue weighted by atomic mass is 9.95. The highest BCUT2D eigenvalue weighted by atomic mass is 35.5. The van der Waals surface area contributed by atoms with Crippen LogP contribution in [0.15, 0.2) is 78.9 Å². The Bertz CT molecular complexity index is 1190. The number of rotatable bonds is 9. The van der Waals surface area contributed by atoms with Crippen LogP contribution in [0.2, 0.25) is 0 Å². The van der Waals surface area contributed by atoms with Gasteiger partial charge in [-0.05, 0) is 42.0 Å². The van der Waals surface area contributed by atoms with Gasteiger partial charge in [0.05, 0.1) is 6.61 Å². The molecule has 174 valence electrons. The molecule has 2 atom stereocenters. The molecular formula is C26H21Cl2NO5. The van der Waals surface area contributed by atoms with Gasteiger partial charge in [-0.2, -0.15) is 5.26 Å². The minimum Gasteiger partial charge on any atom is -0.491 e. The average molecular weight is 498 g/mol. The van der Waals surface area contributed by atoms with Gasteiger partial charge in [-0.1, -0.05) is 65.7 Å². The second kappa shape index (κ2) is 9.94. The van der Waals surface area contributed by atoms with Crippen molar-refractivity contribution in [3.05, 3.63) is 90.0 Å². The Morgan fingerprint density at radius 3 is 2.29 bits per heavy atom. The summed E-state index contributed by atoms with van der Waals surface area (Å²) >= 11 is 12.8. The summed E-state index contributed by atoms with van der Waals surface area (Å²) in [5.74, 6) is 0.982. The van der Waals surface area contributed by atoms with E-state index in [2.05, 4.69) is 0 Å². The highest BCUT2D eigenvalue weighted by molar-refractivity contribution is 6.54. The van der Waals surface area contributed by atoms with Gasteiger partial charge in [0.2, 0.25) is 6.10 Å². The molecule has 1 saturated carbocycles. The molecule has 0 aliphatic heterocycles. The Labute approximate surface area is 207 Å². The third-order valence-corrected chi connectivity index (χ3v) is 6.44. The topological polar surface area (TPSA) is 88.8 Å². The zero-order valence-electron chi connectivity index (χ0n) is 18.0. The van der Waals surface area contributed by atoms with E-state index >= 15 is 0 Å². The second-order valence-corrected chi connectivity index (χ2v) is 9.27. The van der Waals surface area contributed by atoms with Crippen molar-refractivity contribution < 1.29 is 24.1 Å². The summed E-state index contributed by atoms with van der Waals surface area (Å²) in [5, 5.41) is 18.6. The van der Waals surface area contributed by atoms with E-state index in [1.54, 1.807) is 48.5 Å². The number of halogens is 2. The molecule has 1 aliphatic rings. The molecule has 0 bridgehead atoms. The Morgan fingerprint density at radius 2 is 1.68 bits per heavy atom. The molecule has 8 heteroatoms. The lowest BCUT2D eigenvalue weighted by Gasteiger charge is -2.20. The molecule has 6 nitrogen and oxygen atoms in total. The number of para-hydroxylation sites is 1. The summed E-state index contributed by atoms with van der Waals surface area (Å²) in [6.07, 6.45) is -1.03. The van der Waals surface area contributed by atoms with Crippen LogP contribution in [0.5, 0.6) is 17.2 Å². The van der Waals surface area contributed by atoms with E-state index in [4.69, 9.17) is 42.5 Å². The molecule has 0 radical (unpaired) electrons. The summed E-state index contributed by atoms with van der Waals surface area (Å²) in [7, 11) is 0. The fourth-order valence-electron chi connectivity index (χ4n) is 3.68. The van der Waals surface area contributed by atoms with Crippen molar-refractivity contribution >= 4 is 29.2 Å². The zero-order chi connectivity index (χ0) is 24.2. The van der Waals surface area contributed by atoms with Gasteiger partial charge in [0.25, 0.3) is 0 Å². The molecule has 1 fully saturated rings. The molecule has 3 aromatic carbocycles. The molecule has 0 heterocycles. The summed E-state index contributed by atoms with van der Waals surface area (Å²) in [6.45, 7) is 0.0377. The first kappa shape index (κ1) is 23.9. The fourth-order valence-corrected chi connectivity index (χ4v) is 4.46. The van der Waals surface area contributed by atoms with Crippen LogP contribution in [0.4, 0.5) is 0 Å². The molecule has 0 amide bonds. The van der Waals surface area contributed by atoms with Crippen LogP contribution in [-0.2, 0) is 14.9 Å². The van der Waals surface area contributed by atoms with E-state index < -0.39 is 21.8 Å². The standard InChI is InChI=1S/C26H21Cl2NO5/c27-26(28)17-25(26,19-9-11-20(12-10-19)32-14-13-30)24(31)34-23(16-29)18-5-4-8-22(15-18)33-21-6-2-1-3-7-21/h1-12,15,23,30H,13-14,17H2/t23-,25+/m1/s1. The highest BCUT2D eigenvalue weighted by Gasteiger charge is 2.73. The zero-order valence-corrected chi connectivity index (χ0v) is 19.5. The quantitative estimate of drug-likeness (QED) is 0.311. The third kappa shape index (κ3) is 4.83. The van der Waals surface area contributed by atoms with Crippen molar-refractivity contribution in [1.82, 2.24) is 0 Å². The Hall–Kier alpha value is -3.24. The number of carbonyl (C=O) groups excluding carboxylic acids is 1. The average Bonchev–Trinajstić information content (AvgIpc) is 3.45. The molecule has 0 unspecified atom stereocenters. The lowest BCUT2D eigenvalue weighted by Crippen LogP contribution is -2.30. The van der Waals surface area contributed by atoms with Crippen LogP contribution in [-0.4, -0.2) is 28.6 Å². The summed E-state index contributed by atoms with van der Waals surface area (Å²) in [4.78, 5) is 13.3. The predicted octanol–water partition coefficient (Wildman–Crippen LogP) is 5.47. The number of carbonyl (C=O) groups is 1. The van der Waals surface area contributed by atoms with Gasteiger partial charge < -0.3 is 19.3 Å². The van der Waals surface area contributed by atoms with Crippen LogP contribution < -0.4 is 9.47 Å². The van der Waals surface area contributed by atoms with Gasteiger partial charge in [0, 0.05) is 12.0 Å². The number of alkyl halides is 2. The summed E-state index contributed by atoms with van der Waals surface area (Å²) in [5.41, 5.74) is -0.293. The molecule has 4 rings (SSSR count). The van der Waals surface area contributed by atoms with Crippen LogP contribution in [0.25, 0.3) is 0 Å². The molecular weight excluding hydrogens is 477 g/mol. The van der Waals surface area contributed by atoms with Crippen molar-refractivity contribution in [2.75, 3.05) is 13.2 Å². The number of esters is 1. The van der Waals surface area contributed by atoms with Gasteiger partial charge in [0.15, 0.2) is 0 Å². The lowest BCUT2D eigenvalue weighted by molar-refractivity contribution is -0.150. The fraction of sp³-hybridized carbons (Fsp3) is 0.231. The van der Waals surface area contributed by atoms with Gasteiger partial charge >= 0.3 is 5.97 Å². The molecule has 1 N–H and O–H groups in total. The first-order valence-corrected chi connectivity index (χ1v) is 11.3. The molecule has 0 saturated heterocycles. The monoisotopic (exact) mass is 497 g/mol. The first-order chi connectivity index (χ1) is 16.4. The maximum Gasteiger partial charge on any atom is 0.321 e. The number of nitrogens with zero attached hydrogens (tertiary/aromatic N) is 1. The molecule has 0 aromatic heterocycles. The number of hydrogen-bond acceptors (Lipinski definition) is 6. The van der Waals surface area contributed by atoms with E-state index in [0.717, 1.165) is 0 Å². The number of ether oxygens (including phenoxy) is 3. The van der Waals surface area contributed by atoms with E-state index in [9.17, 15) is 10.1 Å². The molecule has 0 spiro atoms.